The molecule has 0 saturated heterocycles. The number of amides is 1. The molecule has 0 aliphatic heterocycles. The van der Waals surface area contributed by atoms with Gasteiger partial charge in [0.2, 0.25) is 0 Å². The summed E-state index contributed by atoms with van der Waals surface area (Å²) in [5, 5.41) is 15.6. The fourth-order valence-electron chi connectivity index (χ4n) is 2.45. The molecule has 27 heavy (non-hydrogen) atoms. The van der Waals surface area contributed by atoms with Crippen molar-refractivity contribution in [3.63, 3.8) is 0 Å². The summed E-state index contributed by atoms with van der Waals surface area (Å²) in [7, 11) is 1.50. The second-order valence-corrected chi connectivity index (χ2v) is 6.56. The van der Waals surface area contributed by atoms with Gasteiger partial charge in [-0.1, -0.05) is 24.3 Å². The van der Waals surface area contributed by atoms with E-state index in [9.17, 15) is 14.7 Å². The molecule has 3 aromatic rings. The Morgan fingerprint density at radius 3 is 2.56 bits per heavy atom. The van der Waals surface area contributed by atoms with Crippen LogP contribution in [-0.2, 0) is 13.7 Å². The Balaban J connectivity index is 1.66. The Hall–Kier alpha value is -3.13. The second kappa shape index (κ2) is 8.05. The van der Waals surface area contributed by atoms with Crippen molar-refractivity contribution in [3.8, 4) is 5.75 Å². The van der Waals surface area contributed by atoms with Gasteiger partial charge in [0.15, 0.2) is 5.69 Å². The van der Waals surface area contributed by atoms with Gasteiger partial charge in [-0.05, 0) is 45.8 Å². The molecule has 0 bridgehead atoms. The monoisotopic (exact) mass is 429 g/mol. The van der Waals surface area contributed by atoms with Crippen LogP contribution in [0.2, 0.25) is 0 Å². The Bertz CT molecular complexity index is 983. The van der Waals surface area contributed by atoms with Crippen LogP contribution in [0.25, 0.3) is 0 Å². The summed E-state index contributed by atoms with van der Waals surface area (Å²) < 4.78 is 7.80. The minimum Gasteiger partial charge on any atom is -0.488 e. The molecule has 0 fully saturated rings. The van der Waals surface area contributed by atoms with Gasteiger partial charge in [0.05, 0.1) is 16.4 Å². The number of rotatable bonds is 6. The molecular formula is C19H16BrN3O4. The number of benzene rings is 2. The van der Waals surface area contributed by atoms with E-state index in [4.69, 9.17) is 4.74 Å². The molecular weight excluding hydrogens is 414 g/mol. The molecule has 1 heterocycles. The lowest BCUT2D eigenvalue weighted by Crippen LogP contribution is -2.15. The van der Waals surface area contributed by atoms with E-state index in [-0.39, 0.29) is 11.4 Å². The van der Waals surface area contributed by atoms with Gasteiger partial charge in [0.1, 0.15) is 12.4 Å². The summed E-state index contributed by atoms with van der Waals surface area (Å²) in [4.78, 5) is 23.6. The predicted molar refractivity (Wildman–Crippen MR) is 103 cm³/mol. The third-order valence-corrected chi connectivity index (χ3v) is 4.49. The average Bonchev–Trinajstić information content (AvgIpc) is 3.02. The maximum absolute atomic E-state index is 12.4. The van der Waals surface area contributed by atoms with Crippen LogP contribution in [0.4, 0.5) is 5.69 Å². The maximum Gasteiger partial charge on any atom is 0.356 e. The quantitative estimate of drug-likeness (QED) is 0.622. The maximum atomic E-state index is 12.4. The highest BCUT2D eigenvalue weighted by molar-refractivity contribution is 9.10. The number of aromatic carboxylic acids is 1. The average molecular weight is 430 g/mol. The summed E-state index contributed by atoms with van der Waals surface area (Å²) in [6.07, 6.45) is 1.31. The van der Waals surface area contributed by atoms with Crippen LogP contribution >= 0.6 is 15.9 Å². The number of nitrogens with one attached hydrogen (secondary N) is 1. The Labute approximate surface area is 163 Å². The predicted octanol–water partition coefficient (Wildman–Crippen LogP) is 3.71. The zero-order chi connectivity index (χ0) is 19.4. The fraction of sp³-hybridized carbons (Fsp3) is 0.105. The van der Waals surface area contributed by atoms with Gasteiger partial charge in [-0.2, -0.15) is 5.10 Å². The summed E-state index contributed by atoms with van der Waals surface area (Å²) in [5.74, 6) is -0.842. The lowest BCUT2D eigenvalue weighted by molar-refractivity contribution is 0.0686. The minimum atomic E-state index is -1.16. The molecule has 0 saturated carbocycles. The lowest BCUT2D eigenvalue weighted by Gasteiger charge is -2.09. The first-order valence-corrected chi connectivity index (χ1v) is 8.78. The molecule has 7 nitrogen and oxygen atoms in total. The number of carboxylic acids is 1. The van der Waals surface area contributed by atoms with E-state index in [0.717, 1.165) is 15.8 Å². The Morgan fingerprint density at radius 2 is 1.89 bits per heavy atom. The third-order valence-electron chi connectivity index (χ3n) is 3.84. The molecule has 0 atom stereocenters. The molecule has 3 rings (SSSR count). The number of aryl methyl sites for hydroxylation is 1. The number of aromatic nitrogens is 2. The summed E-state index contributed by atoms with van der Waals surface area (Å²) >= 11 is 3.42. The van der Waals surface area contributed by atoms with Crippen molar-refractivity contribution in [1.29, 1.82) is 0 Å². The summed E-state index contributed by atoms with van der Waals surface area (Å²) in [5.41, 5.74) is 1.37. The number of carbonyl (C=O) groups is 2. The van der Waals surface area contributed by atoms with Gasteiger partial charge in [-0.15, -0.1) is 0 Å². The van der Waals surface area contributed by atoms with Gasteiger partial charge in [0, 0.05) is 12.6 Å². The van der Waals surface area contributed by atoms with Crippen LogP contribution in [0.1, 0.15) is 26.4 Å². The molecule has 2 aromatic carbocycles. The molecule has 0 aliphatic carbocycles. The van der Waals surface area contributed by atoms with Crippen molar-refractivity contribution in [2.75, 3.05) is 5.32 Å². The van der Waals surface area contributed by atoms with Gasteiger partial charge < -0.3 is 15.2 Å². The molecule has 1 aromatic heterocycles. The van der Waals surface area contributed by atoms with Crippen molar-refractivity contribution in [2.45, 2.75) is 6.61 Å². The van der Waals surface area contributed by atoms with Gasteiger partial charge in [-0.3, -0.25) is 9.48 Å². The number of carbonyl (C=O) groups excluding carboxylic acids is 1. The fourth-order valence-corrected chi connectivity index (χ4v) is 2.85. The van der Waals surface area contributed by atoms with Crippen LogP contribution in [-0.4, -0.2) is 26.8 Å². The number of carboxylic acid groups (broad SMARTS) is 1. The number of halogens is 1. The Morgan fingerprint density at radius 1 is 1.19 bits per heavy atom. The van der Waals surface area contributed by atoms with Crippen LogP contribution in [0.3, 0.4) is 0 Å². The van der Waals surface area contributed by atoms with Crippen LogP contribution in [0.15, 0.2) is 59.2 Å². The molecule has 0 spiro atoms. The van der Waals surface area contributed by atoms with E-state index in [0.29, 0.717) is 12.2 Å². The number of hydrogen-bond donors (Lipinski definition) is 2. The van der Waals surface area contributed by atoms with E-state index in [1.807, 2.05) is 24.3 Å². The van der Waals surface area contributed by atoms with E-state index in [1.165, 1.54) is 17.9 Å². The van der Waals surface area contributed by atoms with Gasteiger partial charge >= 0.3 is 5.97 Å². The molecule has 1 amide bonds. The van der Waals surface area contributed by atoms with Crippen molar-refractivity contribution in [1.82, 2.24) is 9.78 Å². The smallest absolute Gasteiger partial charge is 0.356 e. The van der Waals surface area contributed by atoms with E-state index < -0.39 is 11.9 Å². The van der Waals surface area contributed by atoms with Crippen LogP contribution in [0, 0.1) is 0 Å². The number of ether oxygens (including phenoxy) is 1. The van der Waals surface area contributed by atoms with E-state index >= 15 is 0 Å². The van der Waals surface area contributed by atoms with Crippen molar-refractivity contribution in [3.05, 3.63) is 76.0 Å². The van der Waals surface area contributed by atoms with E-state index in [1.54, 1.807) is 24.3 Å². The standard InChI is InChI=1S/C19H16BrN3O4/c1-23-17(19(25)26)15(10-21-23)22-18(24)13-8-6-12(7-9-13)11-27-16-5-3-2-4-14(16)20/h2-10H,11H2,1H3,(H,22,24)(H,25,26). The van der Waals surface area contributed by atoms with Crippen LogP contribution < -0.4 is 10.1 Å². The van der Waals surface area contributed by atoms with Gasteiger partial charge in [-0.25, -0.2) is 4.79 Å². The van der Waals surface area contributed by atoms with E-state index in [2.05, 4.69) is 26.3 Å². The first-order valence-electron chi connectivity index (χ1n) is 7.98. The molecule has 2 N–H and O–H groups in total. The first kappa shape index (κ1) is 18.7. The number of nitrogens with zero attached hydrogens (tertiary/aromatic N) is 2. The van der Waals surface area contributed by atoms with Gasteiger partial charge in [0.25, 0.3) is 5.91 Å². The third kappa shape index (κ3) is 4.35. The minimum absolute atomic E-state index is 0.0817. The highest BCUT2D eigenvalue weighted by Gasteiger charge is 2.18. The summed E-state index contributed by atoms with van der Waals surface area (Å²) in [6.45, 7) is 0.357. The van der Waals surface area contributed by atoms with Crippen molar-refractivity contribution < 1.29 is 19.4 Å². The second-order valence-electron chi connectivity index (χ2n) is 5.71. The largest absolute Gasteiger partial charge is 0.488 e. The number of hydrogen-bond acceptors (Lipinski definition) is 4. The van der Waals surface area contributed by atoms with Crippen molar-refractivity contribution >= 4 is 33.5 Å². The Kier molecular flexibility index (Phi) is 5.56. The lowest BCUT2D eigenvalue weighted by atomic mass is 10.1. The summed E-state index contributed by atoms with van der Waals surface area (Å²) in [6, 6.07) is 14.4. The number of anilines is 1. The highest BCUT2D eigenvalue weighted by atomic mass is 79.9. The molecule has 0 radical (unpaired) electrons. The van der Waals surface area contributed by atoms with Crippen LogP contribution in [0.5, 0.6) is 5.75 Å². The molecule has 8 heteroatoms. The number of para-hydroxylation sites is 1. The first-order chi connectivity index (χ1) is 13.0. The molecule has 0 aliphatic rings. The topological polar surface area (TPSA) is 93.5 Å². The normalized spacial score (nSPS) is 10.4. The molecule has 0 unspecified atom stereocenters. The zero-order valence-electron chi connectivity index (χ0n) is 14.3. The highest BCUT2D eigenvalue weighted by Crippen LogP contribution is 2.24. The zero-order valence-corrected chi connectivity index (χ0v) is 15.9. The SMILES string of the molecule is Cn1ncc(NC(=O)c2ccc(COc3ccccc3Br)cc2)c1C(=O)O. The van der Waals surface area contributed by atoms with Crippen molar-refractivity contribution in [2.24, 2.45) is 7.05 Å². The molecule has 138 valence electrons.